The van der Waals surface area contributed by atoms with Crippen molar-refractivity contribution < 1.29 is 58.8 Å². The van der Waals surface area contributed by atoms with E-state index in [0.717, 1.165) is 11.8 Å². The van der Waals surface area contributed by atoms with E-state index >= 15 is 0 Å². The molecule has 0 aromatic heterocycles. The molecule has 1 heterocycles. The standard InChI is InChI=1S/C28H47N7O12/c1-12(2)20(30)24(42)33-22(14(4)37)26(44)34-21(13(3)36)25(43)31-15(7-9-18(29)38)23(41)32-16(8-10-19(39)40)27(45)35-11-5-6-17(35)28(46)47/h12-17,20-22,36-37H,5-11,30H2,1-4H3,(H2,29,38)(H,31,43)(H,32,41)(H,33,42)(H,34,44)(H,39,40)(H,46,47). The van der Waals surface area contributed by atoms with E-state index in [9.17, 15) is 58.8 Å². The zero-order valence-electron chi connectivity index (χ0n) is 26.8. The van der Waals surface area contributed by atoms with Gasteiger partial charge in [-0.3, -0.25) is 33.6 Å². The van der Waals surface area contributed by atoms with Crippen LogP contribution in [0.25, 0.3) is 0 Å². The lowest BCUT2D eigenvalue weighted by molar-refractivity contribution is -0.150. The largest absolute Gasteiger partial charge is 0.481 e. The molecular formula is C28H47N7O12. The second-order valence-electron chi connectivity index (χ2n) is 11.8. The zero-order chi connectivity index (χ0) is 36.2. The Bertz CT molecular complexity index is 1180. The van der Waals surface area contributed by atoms with Gasteiger partial charge in [-0.1, -0.05) is 13.8 Å². The van der Waals surface area contributed by atoms with Gasteiger partial charge in [0.15, 0.2) is 0 Å². The molecule has 0 aliphatic carbocycles. The highest BCUT2D eigenvalue weighted by atomic mass is 16.4. The predicted octanol–water partition coefficient (Wildman–Crippen LogP) is -4.12. The topological polar surface area (TPSA) is 321 Å². The summed E-state index contributed by atoms with van der Waals surface area (Å²) < 4.78 is 0. The summed E-state index contributed by atoms with van der Waals surface area (Å²) >= 11 is 0. The number of rotatable bonds is 19. The van der Waals surface area contributed by atoms with Crippen LogP contribution in [0.2, 0.25) is 0 Å². The van der Waals surface area contributed by atoms with E-state index in [2.05, 4.69) is 21.3 Å². The van der Waals surface area contributed by atoms with Crippen LogP contribution >= 0.6 is 0 Å². The van der Waals surface area contributed by atoms with E-state index in [-0.39, 0.29) is 18.9 Å². The average molecular weight is 674 g/mol. The molecule has 1 saturated heterocycles. The van der Waals surface area contributed by atoms with Gasteiger partial charge in [0.25, 0.3) is 0 Å². The second kappa shape index (κ2) is 18.7. The summed E-state index contributed by atoms with van der Waals surface area (Å²) in [7, 11) is 0. The maximum atomic E-state index is 13.4. The Morgan fingerprint density at radius 3 is 1.70 bits per heavy atom. The summed E-state index contributed by atoms with van der Waals surface area (Å²) in [5, 5.41) is 48.2. The number of nitrogens with two attached hydrogens (primary N) is 2. The van der Waals surface area contributed by atoms with Gasteiger partial charge in [-0.2, -0.15) is 0 Å². The van der Waals surface area contributed by atoms with Crippen molar-refractivity contribution >= 4 is 47.4 Å². The minimum Gasteiger partial charge on any atom is -0.481 e. The van der Waals surface area contributed by atoms with Gasteiger partial charge in [0.1, 0.15) is 30.2 Å². The van der Waals surface area contributed by atoms with E-state index in [4.69, 9.17) is 11.5 Å². The fourth-order valence-corrected chi connectivity index (χ4v) is 4.71. The molecule has 0 aromatic carbocycles. The van der Waals surface area contributed by atoms with Crippen LogP contribution in [-0.2, 0) is 38.4 Å². The third-order valence-corrected chi connectivity index (χ3v) is 7.54. The Morgan fingerprint density at radius 1 is 0.745 bits per heavy atom. The Kier molecular flexibility index (Phi) is 16.2. The van der Waals surface area contributed by atoms with Crippen LogP contribution in [0.4, 0.5) is 0 Å². The van der Waals surface area contributed by atoms with Gasteiger partial charge in [-0.25, -0.2) is 4.79 Å². The summed E-state index contributed by atoms with van der Waals surface area (Å²) in [6.45, 7) is 5.68. The molecule has 8 atom stereocenters. The van der Waals surface area contributed by atoms with Gasteiger partial charge >= 0.3 is 11.9 Å². The zero-order valence-corrected chi connectivity index (χ0v) is 26.8. The molecule has 8 unspecified atom stereocenters. The number of carbonyl (C=O) groups is 8. The van der Waals surface area contributed by atoms with Gasteiger partial charge in [-0.15, -0.1) is 0 Å². The first-order valence-corrected chi connectivity index (χ1v) is 15.1. The van der Waals surface area contributed by atoms with Crippen molar-refractivity contribution in [2.24, 2.45) is 17.4 Å². The van der Waals surface area contributed by atoms with Gasteiger partial charge in [-0.05, 0) is 45.4 Å². The molecular weight excluding hydrogens is 626 g/mol. The lowest BCUT2D eigenvalue weighted by Gasteiger charge is -2.30. The van der Waals surface area contributed by atoms with Crippen molar-refractivity contribution in [2.75, 3.05) is 6.54 Å². The molecule has 0 spiro atoms. The van der Waals surface area contributed by atoms with Crippen LogP contribution in [0.3, 0.4) is 0 Å². The predicted molar refractivity (Wildman–Crippen MR) is 162 cm³/mol. The minimum absolute atomic E-state index is 0.0458. The molecule has 0 aromatic rings. The number of carboxylic acids is 2. The number of hydrogen-bond donors (Lipinski definition) is 10. The van der Waals surface area contributed by atoms with Crippen LogP contribution in [0.1, 0.15) is 66.2 Å². The molecule has 0 radical (unpaired) electrons. The molecule has 1 rings (SSSR count). The quantitative estimate of drug-likeness (QED) is 0.0624. The van der Waals surface area contributed by atoms with E-state index in [1.165, 1.54) is 6.92 Å². The summed E-state index contributed by atoms with van der Waals surface area (Å²) in [6, 6.07) is -8.73. The van der Waals surface area contributed by atoms with Gasteiger partial charge in [0.05, 0.1) is 18.2 Å². The highest BCUT2D eigenvalue weighted by molar-refractivity contribution is 5.97. The third-order valence-electron chi connectivity index (χ3n) is 7.54. The van der Waals surface area contributed by atoms with Gasteiger partial charge in [0, 0.05) is 19.4 Å². The van der Waals surface area contributed by atoms with Crippen molar-refractivity contribution in [3.63, 3.8) is 0 Å². The first-order valence-electron chi connectivity index (χ1n) is 15.1. The van der Waals surface area contributed by atoms with Crippen molar-refractivity contribution in [2.45, 2.75) is 115 Å². The molecule has 0 bridgehead atoms. The van der Waals surface area contributed by atoms with Gasteiger partial charge in [0.2, 0.25) is 35.4 Å². The average Bonchev–Trinajstić information content (AvgIpc) is 3.47. The molecule has 1 aliphatic rings. The van der Waals surface area contributed by atoms with Crippen molar-refractivity contribution in [1.29, 1.82) is 0 Å². The van der Waals surface area contributed by atoms with E-state index < -0.39 is 122 Å². The second-order valence-corrected chi connectivity index (χ2v) is 11.8. The van der Waals surface area contributed by atoms with E-state index in [1.807, 2.05) is 0 Å². The molecule has 19 heteroatoms. The number of aliphatic carboxylic acids is 2. The first-order chi connectivity index (χ1) is 21.8. The number of nitrogens with zero attached hydrogens (tertiary/aromatic N) is 1. The molecule has 19 nitrogen and oxygen atoms in total. The van der Waals surface area contributed by atoms with Crippen LogP contribution < -0.4 is 32.7 Å². The monoisotopic (exact) mass is 673 g/mol. The molecule has 12 N–H and O–H groups in total. The number of aliphatic hydroxyl groups is 2. The number of carbonyl (C=O) groups excluding carboxylic acids is 6. The number of aliphatic hydroxyl groups excluding tert-OH is 2. The summed E-state index contributed by atoms with van der Waals surface area (Å²) in [5.41, 5.74) is 11.0. The number of primary amides is 1. The molecule has 1 aliphatic heterocycles. The number of nitrogens with one attached hydrogen (secondary N) is 4. The normalized spacial score (nSPS) is 18.9. The minimum atomic E-state index is -1.77. The summed E-state index contributed by atoms with van der Waals surface area (Å²) in [4.78, 5) is 101. The fourth-order valence-electron chi connectivity index (χ4n) is 4.71. The SMILES string of the molecule is CC(C)C(N)C(=O)NC(C(=O)NC(C(=O)NC(CCC(N)=O)C(=O)NC(CCC(=O)O)C(=O)N1CCCC1C(=O)O)C(C)O)C(C)O. The van der Waals surface area contributed by atoms with E-state index in [0.29, 0.717) is 6.42 Å². The maximum absolute atomic E-state index is 13.4. The number of likely N-dealkylation sites (tertiary alicyclic amines) is 1. The molecule has 266 valence electrons. The Labute approximate surface area is 271 Å². The smallest absolute Gasteiger partial charge is 0.326 e. The van der Waals surface area contributed by atoms with Crippen LogP contribution in [-0.4, -0.2) is 128 Å². The highest BCUT2D eigenvalue weighted by Crippen LogP contribution is 2.20. The van der Waals surface area contributed by atoms with E-state index in [1.54, 1.807) is 13.8 Å². The molecule has 6 amide bonds. The molecule has 1 fully saturated rings. The molecule has 0 saturated carbocycles. The van der Waals surface area contributed by atoms with Crippen molar-refractivity contribution in [3.8, 4) is 0 Å². The number of hydrogen-bond acceptors (Lipinski definition) is 11. The maximum Gasteiger partial charge on any atom is 0.326 e. The van der Waals surface area contributed by atoms with Crippen molar-refractivity contribution in [3.05, 3.63) is 0 Å². The lowest BCUT2D eigenvalue weighted by atomic mass is 10.0. The summed E-state index contributed by atoms with van der Waals surface area (Å²) in [6.07, 6.45) is -4.45. The third kappa shape index (κ3) is 12.7. The number of amides is 6. The van der Waals surface area contributed by atoms with Crippen molar-refractivity contribution in [1.82, 2.24) is 26.2 Å². The number of carboxylic acid groups (broad SMARTS) is 2. The highest BCUT2D eigenvalue weighted by Gasteiger charge is 2.39. The van der Waals surface area contributed by atoms with Crippen LogP contribution in [0.15, 0.2) is 0 Å². The Balaban J connectivity index is 3.23. The summed E-state index contributed by atoms with van der Waals surface area (Å²) in [5.74, 6) is -8.69. The van der Waals surface area contributed by atoms with Gasteiger partial charge < -0.3 is 58.1 Å². The Morgan fingerprint density at radius 2 is 1.23 bits per heavy atom. The van der Waals surface area contributed by atoms with Crippen LogP contribution in [0, 0.1) is 5.92 Å². The lowest BCUT2D eigenvalue weighted by Crippen LogP contribution is -2.63. The fraction of sp³-hybridized carbons (Fsp3) is 0.714. The first kappa shape index (κ1) is 40.7. The molecule has 47 heavy (non-hydrogen) atoms. The van der Waals surface area contributed by atoms with Crippen LogP contribution in [0.5, 0.6) is 0 Å². The Hall–Kier alpha value is -4.36.